The molecule has 0 amide bonds. The smallest absolute Gasteiger partial charge is 0.110 e. The maximum atomic E-state index is 9.25. The van der Waals surface area contributed by atoms with Crippen molar-refractivity contribution in [3.8, 4) is 0 Å². The zero-order valence-corrected chi connectivity index (χ0v) is 7.67. The van der Waals surface area contributed by atoms with Gasteiger partial charge in [0.05, 0.1) is 12.7 Å². The van der Waals surface area contributed by atoms with E-state index < -0.39 is 31.0 Å². The highest BCUT2D eigenvalue weighted by Gasteiger charge is 2.29. The third kappa shape index (κ3) is 4.02. The van der Waals surface area contributed by atoms with E-state index in [2.05, 4.69) is 0 Å². The standard InChI is InChI=1S/C8H18O5/c1-2-3-5(10)7(12)8(13)6(11)4-9/h5-13H,2-4H2,1H3/t5-,6+,7-,8+/m0/s1. The number of rotatable bonds is 6. The van der Waals surface area contributed by atoms with Crippen LogP contribution >= 0.6 is 0 Å². The molecule has 80 valence electrons. The molecule has 0 aromatic rings. The van der Waals surface area contributed by atoms with Crippen molar-refractivity contribution in [3.63, 3.8) is 0 Å². The van der Waals surface area contributed by atoms with Gasteiger partial charge in [0.15, 0.2) is 0 Å². The van der Waals surface area contributed by atoms with Crippen LogP contribution in [0, 0.1) is 0 Å². The number of hydrogen-bond donors (Lipinski definition) is 5. The Labute approximate surface area is 77.3 Å². The lowest BCUT2D eigenvalue weighted by Gasteiger charge is -2.25. The predicted octanol–water partition coefficient (Wildman–Crippen LogP) is -1.78. The molecule has 0 unspecified atom stereocenters. The van der Waals surface area contributed by atoms with Crippen LogP contribution in [0.5, 0.6) is 0 Å². The van der Waals surface area contributed by atoms with E-state index >= 15 is 0 Å². The van der Waals surface area contributed by atoms with Gasteiger partial charge in [-0.2, -0.15) is 0 Å². The molecule has 0 rings (SSSR count). The molecule has 5 nitrogen and oxygen atoms in total. The van der Waals surface area contributed by atoms with Crippen molar-refractivity contribution in [3.05, 3.63) is 0 Å². The topological polar surface area (TPSA) is 101 Å². The molecular formula is C8H18O5. The monoisotopic (exact) mass is 194 g/mol. The molecule has 0 bridgehead atoms. The van der Waals surface area contributed by atoms with Crippen LogP contribution in [0.2, 0.25) is 0 Å². The van der Waals surface area contributed by atoms with Gasteiger partial charge in [0, 0.05) is 0 Å². The first kappa shape index (κ1) is 12.8. The molecule has 0 aromatic heterocycles. The Kier molecular flexibility index (Phi) is 6.19. The van der Waals surface area contributed by atoms with E-state index in [1.54, 1.807) is 0 Å². The zero-order chi connectivity index (χ0) is 10.4. The molecule has 0 spiro atoms. The predicted molar refractivity (Wildman–Crippen MR) is 46.0 cm³/mol. The highest BCUT2D eigenvalue weighted by molar-refractivity contribution is 4.80. The van der Waals surface area contributed by atoms with E-state index in [9.17, 15) is 10.2 Å². The van der Waals surface area contributed by atoms with Crippen molar-refractivity contribution < 1.29 is 25.5 Å². The second-order valence-corrected chi connectivity index (χ2v) is 3.09. The van der Waals surface area contributed by atoms with Crippen LogP contribution in [0.15, 0.2) is 0 Å². The number of aliphatic hydroxyl groups excluding tert-OH is 5. The molecule has 0 radical (unpaired) electrons. The average molecular weight is 194 g/mol. The summed E-state index contributed by atoms with van der Waals surface area (Å²) in [6.07, 6.45) is -4.40. The Morgan fingerprint density at radius 3 is 1.77 bits per heavy atom. The fourth-order valence-corrected chi connectivity index (χ4v) is 1.03. The van der Waals surface area contributed by atoms with Gasteiger partial charge in [0.2, 0.25) is 0 Å². The summed E-state index contributed by atoms with van der Waals surface area (Å²) in [7, 11) is 0. The Balaban J connectivity index is 3.99. The highest BCUT2D eigenvalue weighted by atomic mass is 16.4. The minimum Gasteiger partial charge on any atom is -0.394 e. The van der Waals surface area contributed by atoms with E-state index in [4.69, 9.17) is 15.3 Å². The zero-order valence-electron chi connectivity index (χ0n) is 7.67. The molecule has 13 heavy (non-hydrogen) atoms. The molecule has 0 aliphatic heterocycles. The molecule has 0 saturated heterocycles. The van der Waals surface area contributed by atoms with Gasteiger partial charge in [-0.3, -0.25) is 0 Å². The highest BCUT2D eigenvalue weighted by Crippen LogP contribution is 2.09. The molecule has 0 saturated carbocycles. The molecule has 0 aliphatic carbocycles. The lowest BCUT2D eigenvalue weighted by atomic mass is 10.0. The Morgan fingerprint density at radius 2 is 1.38 bits per heavy atom. The molecule has 5 N–H and O–H groups in total. The summed E-state index contributed by atoms with van der Waals surface area (Å²) in [5.41, 5.74) is 0. The van der Waals surface area contributed by atoms with Crippen LogP contribution in [0.1, 0.15) is 19.8 Å². The van der Waals surface area contributed by atoms with Crippen LogP contribution in [0.25, 0.3) is 0 Å². The van der Waals surface area contributed by atoms with E-state index in [1.807, 2.05) is 6.92 Å². The van der Waals surface area contributed by atoms with Gasteiger partial charge in [-0.1, -0.05) is 13.3 Å². The third-order valence-corrected chi connectivity index (χ3v) is 1.91. The van der Waals surface area contributed by atoms with Crippen molar-refractivity contribution in [2.75, 3.05) is 6.61 Å². The maximum absolute atomic E-state index is 9.25. The van der Waals surface area contributed by atoms with Crippen LogP contribution < -0.4 is 0 Å². The molecular weight excluding hydrogens is 176 g/mol. The quantitative estimate of drug-likeness (QED) is 0.344. The van der Waals surface area contributed by atoms with Crippen molar-refractivity contribution in [2.24, 2.45) is 0 Å². The van der Waals surface area contributed by atoms with Gasteiger partial charge in [-0.25, -0.2) is 0 Å². The van der Waals surface area contributed by atoms with Gasteiger partial charge < -0.3 is 25.5 Å². The Morgan fingerprint density at radius 1 is 0.923 bits per heavy atom. The van der Waals surface area contributed by atoms with Crippen molar-refractivity contribution in [2.45, 2.75) is 44.2 Å². The maximum Gasteiger partial charge on any atom is 0.110 e. The van der Waals surface area contributed by atoms with Crippen LogP contribution in [-0.2, 0) is 0 Å². The SMILES string of the molecule is CCC[C@H](O)[C@H](O)[C@H](O)[C@H](O)CO. The summed E-state index contributed by atoms with van der Waals surface area (Å²) in [6, 6.07) is 0. The van der Waals surface area contributed by atoms with E-state index in [1.165, 1.54) is 0 Å². The second kappa shape index (κ2) is 6.28. The van der Waals surface area contributed by atoms with Gasteiger partial charge in [0.25, 0.3) is 0 Å². The van der Waals surface area contributed by atoms with Crippen molar-refractivity contribution in [1.29, 1.82) is 0 Å². The minimum atomic E-state index is -1.51. The first-order valence-electron chi connectivity index (χ1n) is 4.37. The molecule has 0 aliphatic rings. The summed E-state index contributed by atoms with van der Waals surface area (Å²) < 4.78 is 0. The van der Waals surface area contributed by atoms with Gasteiger partial charge >= 0.3 is 0 Å². The first-order chi connectivity index (χ1) is 6.04. The van der Waals surface area contributed by atoms with E-state index in [-0.39, 0.29) is 0 Å². The van der Waals surface area contributed by atoms with Crippen molar-refractivity contribution in [1.82, 2.24) is 0 Å². The third-order valence-electron chi connectivity index (χ3n) is 1.91. The first-order valence-corrected chi connectivity index (χ1v) is 4.37. The fourth-order valence-electron chi connectivity index (χ4n) is 1.03. The van der Waals surface area contributed by atoms with Gasteiger partial charge in [-0.05, 0) is 6.42 Å². The summed E-state index contributed by atoms with van der Waals surface area (Å²) in [5.74, 6) is 0. The molecule has 5 heteroatoms. The summed E-state index contributed by atoms with van der Waals surface area (Å²) in [5, 5.41) is 45.0. The number of hydrogen-bond acceptors (Lipinski definition) is 5. The normalized spacial score (nSPS) is 20.8. The molecule has 0 aromatic carbocycles. The number of aliphatic hydroxyl groups is 5. The summed E-state index contributed by atoms with van der Waals surface area (Å²) in [6.45, 7) is 1.18. The Bertz CT molecular complexity index is 130. The molecule has 0 fully saturated rings. The summed E-state index contributed by atoms with van der Waals surface area (Å²) in [4.78, 5) is 0. The lowest BCUT2D eigenvalue weighted by molar-refractivity contribution is -0.116. The van der Waals surface area contributed by atoms with E-state index in [0.717, 1.165) is 0 Å². The Hall–Kier alpha value is -0.200. The lowest BCUT2D eigenvalue weighted by Crippen LogP contribution is -2.45. The molecule has 0 heterocycles. The van der Waals surface area contributed by atoms with Crippen molar-refractivity contribution >= 4 is 0 Å². The van der Waals surface area contributed by atoms with Crippen LogP contribution in [0.3, 0.4) is 0 Å². The second-order valence-electron chi connectivity index (χ2n) is 3.09. The van der Waals surface area contributed by atoms with E-state index in [0.29, 0.717) is 12.8 Å². The molecule has 4 atom stereocenters. The average Bonchev–Trinajstić information content (AvgIpc) is 2.14. The minimum absolute atomic E-state index is 0.344. The van der Waals surface area contributed by atoms with Gasteiger partial charge in [0.1, 0.15) is 18.3 Å². The van der Waals surface area contributed by atoms with Gasteiger partial charge in [-0.15, -0.1) is 0 Å². The van der Waals surface area contributed by atoms with Crippen LogP contribution in [-0.4, -0.2) is 56.6 Å². The fraction of sp³-hybridized carbons (Fsp3) is 1.00. The van der Waals surface area contributed by atoms with Crippen LogP contribution in [0.4, 0.5) is 0 Å². The largest absolute Gasteiger partial charge is 0.394 e. The summed E-state index contributed by atoms with van der Waals surface area (Å²) >= 11 is 0.